The van der Waals surface area contributed by atoms with Crippen LogP contribution < -0.4 is 5.32 Å². The Morgan fingerprint density at radius 3 is 2.15 bits per heavy atom. The third-order valence-corrected chi connectivity index (χ3v) is 3.56. The molecule has 20 heavy (non-hydrogen) atoms. The minimum absolute atomic E-state index is 0.428. The molecule has 0 spiro atoms. The molecular formula is C19H19N. The van der Waals surface area contributed by atoms with Crippen molar-refractivity contribution in [1.29, 1.82) is 0 Å². The van der Waals surface area contributed by atoms with Crippen LogP contribution in [0.15, 0.2) is 54.6 Å². The highest BCUT2D eigenvalue weighted by Crippen LogP contribution is 2.33. The van der Waals surface area contributed by atoms with Gasteiger partial charge in [-0.05, 0) is 47.8 Å². The number of hydrogen-bond donors (Lipinski definition) is 1. The van der Waals surface area contributed by atoms with Gasteiger partial charge in [0, 0.05) is 4.11 Å². The van der Waals surface area contributed by atoms with Crippen LogP contribution in [0.1, 0.15) is 32.8 Å². The number of rotatable bonds is 3. The maximum Gasteiger partial charge on any atom is 0.0391 e. The highest BCUT2D eigenvalue weighted by atomic mass is 14.8. The minimum atomic E-state index is -2.08. The summed E-state index contributed by atoms with van der Waals surface area (Å²) in [6.45, 7) is -1.66. The molecule has 1 N–H and O–H groups in total. The normalized spacial score (nSPS) is 15.4. The molecule has 0 aliphatic heterocycles. The monoisotopic (exact) mass is 264 g/mol. The minimum Gasteiger partial charge on any atom is -0.319 e. The number of hydrogen-bond acceptors (Lipinski definition) is 1. The Hall–Kier alpha value is -2.12. The molecular weight excluding hydrogens is 242 g/mol. The Morgan fingerprint density at radius 1 is 0.950 bits per heavy atom. The Labute approximate surface area is 124 Å². The maximum absolute atomic E-state index is 7.22. The molecule has 0 radical (unpaired) electrons. The molecule has 0 atom stereocenters. The molecule has 1 aliphatic rings. The van der Waals surface area contributed by atoms with Gasteiger partial charge >= 0.3 is 0 Å². The predicted molar refractivity (Wildman–Crippen MR) is 87.4 cm³/mol. The summed E-state index contributed by atoms with van der Waals surface area (Å²) >= 11 is 0. The van der Waals surface area contributed by atoms with Gasteiger partial charge in [0.15, 0.2) is 0 Å². The first kappa shape index (κ1) is 9.73. The van der Waals surface area contributed by atoms with Crippen LogP contribution in [0.2, 0.25) is 0 Å². The first-order chi connectivity index (χ1) is 11.0. The second-order valence-electron chi connectivity index (χ2n) is 4.84. The zero-order valence-corrected chi connectivity index (χ0v) is 11.3. The predicted octanol–water partition coefficient (Wildman–Crippen LogP) is 4.21. The topological polar surface area (TPSA) is 12.0 Å². The maximum atomic E-state index is 7.22. The van der Waals surface area contributed by atoms with E-state index in [9.17, 15) is 0 Å². The van der Waals surface area contributed by atoms with Crippen molar-refractivity contribution in [3.63, 3.8) is 0 Å². The summed E-state index contributed by atoms with van der Waals surface area (Å²) in [5.41, 5.74) is 5.89. The Kier molecular flexibility index (Phi) is 2.87. The lowest BCUT2D eigenvalue weighted by molar-refractivity contribution is 0.808. The molecule has 1 heteroatoms. The summed E-state index contributed by atoms with van der Waals surface area (Å²) in [5, 5.41) is 2.56. The third kappa shape index (κ3) is 2.45. The number of nitrogens with one attached hydrogen (secondary N) is 1. The molecule has 0 amide bonds. The van der Waals surface area contributed by atoms with Crippen LogP contribution >= 0.6 is 0 Å². The summed E-state index contributed by atoms with van der Waals surface area (Å²) in [4.78, 5) is 0. The molecule has 2 aromatic rings. The molecule has 0 aromatic heterocycles. The second-order valence-corrected chi connectivity index (χ2v) is 4.84. The van der Waals surface area contributed by atoms with Crippen molar-refractivity contribution in [2.24, 2.45) is 0 Å². The van der Waals surface area contributed by atoms with Gasteiger partial charge in [0.05, 0.1) is 0 Å². The second kappa shape index (κ2) is 5.89. The molecule has 0 heterocycles. The average Bonchev–Trinajstić information content (AvgIpc) is 2.68. The molecule has 3 rings (SSSR count). The lowest BCUT2D eigenvalue weighted by Crippen LogP contribution is -2.06. The molecule has 0 saturated heterocycles. The third-order valence-electron chi connectivity index (χ3n) is 3.56. The summed E-state index contributed by atoms with van der Waals surface area (Å²) < 4.78 is 21.6. The van der Waals surface area contributed by atoms with Crippen molar-refractivity contribution in [3.8, 4) is 0 Å². The smallest absolute Gasteiger partial charge is 0.0391 e. The van der Waals surface area contributed by atoms with E-state index in [1.807, 2.05) is 24.3 Å². The van der Waals surface area contributed by atoms with Gasteiger partial charge < -0.3 is 5.32 Å². The summed E-state index contributed by atoms with van der Waals surface area (Å²) in [5.74, 6) is 0. The van der Waals surface area contributed by atoms with Gasteiger partial charge in [0.1, 0.15) is 0 Å². The van der Waals surface area contributed by atoms with Gasteiger partial charge in [0.25, 0.3) is 0 Å². The van der Waals surface area contributed by atoms with E-state index in [-0.39, 0.29) is 0 Å². The summed E-state index contributed by atoms with van der Waals surface area (Å²) in [6, 6.07) is 16.6. The van der Waals surface area contributed by atoms with E-state index >= 15 is 0 Å². The molecule has 0 fully saturated rings. The van der Waals surface area contributed by atoms with Crippen LogP contribution in [0, 0.1) is 0 Å². The van der Waals surface area contributed by atoms with E-state index in [0.717, 1.165) is 5.57 Å². The van der Waals surface area contributed by atoms with Gasteiger partial charge in [-0.1, -0.05) is 66.8 Å². The van der Waals surface area contributed by atoms with Crippen LogP contribution in [-0.2, 0) is 0 Å². The van der Waals surface area contributed by atoms with E-state index in [2.05, 4.69) is 47.8 Å². The van der Waals surface area contributed by atoms with Crippen LogP contribution in [0.3, 0.4) is 0 Å². The largest absolute Gasteiger partial charge is 0.319 e. The molecule has 1 aliphatic carbocycles. The fraction of sp³-hybridized carbons (Fsp3) is 0.158. The molecule has 1 nitrogen and oxygen atoms in total. The van der Waals surface area contributed by atoms with Gasteiger partial charge in [-0.25, -0.2) is 0 Å². The average molecular weight is 264 g/mol. The fourth-order valence-corrected chi connectivity index (χ4v) is 2.61. The molecule has 100 valence electrons. The zero-order valence-electron chi connectivity index (χ0n) is 14.3. The lowest BCUT2D eigenvalue weighted by atomic mass is 9.93. The molecule has 0 bridgehead atoms. The van der Waals surface area contributed by atoms with Gasteiger partial charge in [-0.15, -0.1) is 0 Å². The molecule has 0 saturated carbocycles. The first-order valence-corrected chi connectivity index (χ1v) is 6.87. The van der Waals surface area contributed by atoms with Crippen molar-refractivity contribution in [3.05, 3.63) is 76.9 Å². The van der Waals surface area contributed by atoms with E-state index in [1.54, 1.807) is 0 Å². The summed E-state index contributed by atoms with van der Waals surface area (Å²) in [6.07, 6.45) is 7.06. The van der Waals surface area contributed by atoms with E-state index in [4.69, 9.17) is 4.11 Å². The zero-order chi connectivity index (χ0) is 16.3. The van der Waals surface area contributed by atoms with Crippen molar-refractivity contribution >= 4 is 17.7 Å². The quantitative estimate of drug-likeness (QED) is 0.699. The Morgan fingerprint density at radius 2 is 1.55 bits per heavy atom. The van der Waals surface area contributed by atoms with Crippen LogP contribution in [0.25, 0.3) is 17.7 Å². The van der Waals surface area contributed by atoms with Crippen LogP contribution in [-0.4, -0.2) is 13.5 Å². The van der Waals surface area contributed by atoms with Gasteiger partial charge in [-0.3, -0.25) is 0 Å². The Bertz CT molecular complexity index is 706. The van der Waals surface area contributed by atoms with E-state index in [0.29, 0.717) is 13.0 Å². The Balaban J connectivity index is 1.96. The van der Waals surface area contributed by atoms with E-state index < -0.39 is 6.98 Å². The van der Waals surface area contributed by atoms with Crippen molar-refractivity contribution in [2.45, 2.75) is 6.42 Å². The van der Waals surface area contributed by atoms with Crippen LogP contribution in [0.5, 0.6) is 0 Å². The SMILES string of the molecule is [2H]C([2H])([2H])NCCC=C1c2ccccc2C=Cc2ccccc21. The van der Waals surface area contributed by atoms with Crippen molar-refractivity contribution < 1.29 is 4.11 Å². The number of benzene rings is 2. The molecule has 2 aromatic carbocycles. The van der Waals surface area contributed by atoms with Crippen LogP contribution in [0.4, 0.5) is 0 Å². The van der Waals surface area contributed by atoms with Crippen molar-refractivity contribution in [1.82, 2.24) is 5.32 Å². The van der Waals surface area contributed by atoms with Gasteiger partial charge in [-0.2, -0.15) is 0 Å². The standard InChI is InChI=1S/C19H19N/c1-20-14-6-11-19-17-9-4-2-7-15(17)12-13-16-8-3-5-10-18(16)19/h2-5,7-13,20H,6,14H2,1H3/i1D3. The highest BCUT2D eigenvalue weighted by molar-refractivity contribution is 5.93. The number of fused-ring (bicyclic) bond motifs is 2. The lowest BCUT2D eigenvalue weighted by Gasteiger charge is -2.12. The fourth-order valence-electron chi connectivity index (χ4n) is 2.61. The highest BCUT2D eigenvalue weighted by Gasteiger charge is 2.13. The van der Waals surface area contributed by atoms with Crippen molar-refractivity contribution in [2.75, 3.05) is 13.5 Å². The summed E-state index contributed by atoms with van der Waals surface area (Å²) in [7, 11) is 0. The van der Waals surface area contributed by atoms with Gasteiger partial charge in [0.2, 0.25) is 0 Å². The van der Waals surface area contributed by atoms with E-state index in [1.165, 1.54) is 22.3 Å². The molecule has 0 unspecified atom stereocenters. The first-order valence-electron chi connectivity index (χ1n) is 8.37.